The number of hydrazone groups is 1. The van der Waals surface area contributed by atoms with Crippen LogP contribution in [0, 0.1) is 0 Å². The summed E-state index contributed by atoms with van der Waals surface area (Å²) in [5.74, 6) is -1.75. The summed E-state index contributed by atoms with van der Waals surface area (Å²) in [7, 11) is 0. The van der Waals surface area contributed by atoms with E-state index in [9.17, 15) is 9.59 Å². The number of pyridine rings is 1. The van der Waals surface area contributed by atoms with Crippen molar-refractivity contribution in [3.05, 3.63) is 59.4 Å². The van der Waals surface area contributed by atoms with Crippen LogP contribution in [0.2, 0.25) is 5.02 Å². The molecule has 0 atom stereocenters. The number of hydrogen-bond donors (Lipinski definition) is 2. The molecular formula is C14H11ClN4O2. The Balaban J connectivity index is 1.90. The first-order valence-corrected chi connectivity index (χ1v) is 6.33. The van der Waals surface area contributed by atoms with E-state index in [1.165, 1.54) is 6.21 Å². The standard InChI is InChI=1S/C14H11ClN4O2/c15-11-5-1-2-6-12(11)18-13(20)14(21)19-17-9-10-4-3-7-16-8-10/h1-9H,(H,18,20)(H,19,21). The van der Waals surface area contributed by atoms with Crippen LogP contribution >= 0.6 is 11.6 Å². The first-order valence-electron chi connectivity index (χ1n) is 5.96. The Morgan fingerprint density at radius 2 is 1.95 bits per heavy atom. The lowest BCUT2D eigenvalue weighted by Gasteiger charge is -2.05. The van der Waals surface area contributed by atoms with E-state index in [1.807, 2.05) is 0 Å². The molecule has 2 N–H and O–H groups in total. The Kier molecular flexibility index (Phi) is 5.00. The van der Waals surface area contributed by atoms with Gasteiger partial charge >= 0.3 is 11.8 Å². The average Bonchev–Trinajstić information content (AvgIpc) is 2.50. The van der Waals surface area contributed by atoms with E-state index in [2.05, 4.69) is 20.8 Å². The fraction of sp³-hybridized carbons (Fsp3) is 0. The van der Waals surface area contributed by atoms with Gasteiger partial charge in [-0.2, -0.15) is 5.10 Å². The van der Waals surface area contributed by atoms with Crippen LogP contribution in [0.15, 0.2) is 53.9 Å². The summed E-state index contributed by atoms with van der Waals surface area (Å²) in [6.07, 6.45) is 4.57. The van der Waals surface area contributed by atoms with Crippen molar-refractivity contribution >= 4 is 35.3 Å². The predicted octanol–water partition coefficient (Wildman–Crippen LogP) is 1.82. The minimum atomic E-state index is -0.893. The van der Waals surface area contributed by atoms with E-state index in [0.29, 0.717) is 16.3 Å². The van der Waals surface area contributed by atoms with Crippen LogP contribution in [-0.4, -0.2) is 23.0 Å². The molecule has 1 aromatic heterocycles. The first-order chi connectivity index (χ1) is 10.2. The minimum absolute atomic E-state index is 0.345. The van der Waals surface area contributed by atoms with Crippen LogP contribution < -0.4 is 10.7 Å². The maximum atomic E-state index is 11.6. The van der Waals surface area contributed by atoms with Crippen LogP contribution in [-0.2, 0) is 9.59 Å². The summed E-state index contributed by atoms with van der Waals surface area (Å²) in [5.41, 5.74) is 3.17. The minimum Gasteiger partial charge on any atom is -0.316 e. The van der Waals surface area contributed by atoms with Gasteiger partial charge in [-0.15, -0.1) is 0 Å². The molecular weight excluding hydrogens is 292 g/mol. The Morgan fingerprint density at radius 1 is 1.14 bits per heavy atom. The summed E-state index contributed by atoms with van der Waals surface area (Å²) in [6, 6.07) is 10.1. The van der Waals surface area contributed by atoms with Crippen molar-refractivity contribution in [3.8, 4) is 0 Å². The van der Waals surface area contributed by atoms with Crippen molar-refractivity contribution in [2.24, 2.45) is 5.10 Å². The summed E-state index contributed by atoms with van der Waals surface area (Å²) in [4.78, 5) is 27.1. The summed E-state index contributed by atoms with van der Waals surface area (Å²) < 4.78 is 0. The highest BCUT2D eigenvalue weighted by Gasteiger charge is 2.13. The molecule has 2 amide bonds. The number of benzene rings is 1. The van der Waals surface area contributed by atoms with Gasteiger partial charge in [-0.3, -0.25) is 14.6 Å². The molecule has 0 spiro atoms. The van der Waals surface area contributed by atoms with Gasteiger partial charge in [0.05, 0.1) is 16.9 Å². The zero-order valence-electron chi connectivity index (χ0n) is 10.8. The Morgan fingerprint density at radius 3 is 2.67 bits per heavy atom. The van der Waals surface area contributed by atoms with Gasteiger partial charge in [0, 0.05) is 18.0 Å². The molecule has 0 bridgehead atoms. The van der Waals surface area contributed by atoms with Gasteiger partial charge in [0.15, 0.2) is 0 Å². The van der Waals surface area contributed by atoms with Crippen molar-refractivity contribution in [1.82, 2.24) is 10.4 Å². The zero-order valence-corrected chi connectivity index (χ0v) is 11.5. The molecule has 0 fully saturated rings. The number of carbonyl (C=O) groups is 2. The van der Waals surface area contributed by atoms with Crippen molar-refractivity contribution in [2.45, 2.75) is 0 Å². The number of amides is 2. The average molecular weight is 303 g/mol. The molecule has 0 aliphatic carbocycles. The van der Waals surface area contributed by atoms with E-state index in [0.717, 1.165) is 0 Å². The second kappa shape index (κ2) is 7.16. The second-order valence-electron chi connectivity index (χ2n) is 3.92. The third kappa shape index (κ3) is 4.39. The SMILES string of the molecule is O=C(NN=Cc1cccnc1)C(=O)Nc1ccccc1Cl. The lowest BCUT2D eigenvalue weighted by molar-refractivity contribution is -0.136. The van der Waals surface area contributed by atoms with Gasteiger partial charge < -0.3 is 5.32 Å². The van der Waals surface area contributed by atoms with Crippen LogP contribution in [0.3, 0.4) is 0 Å². The van der Waals surface area contributed by atoms with Crippen molar-refractivity contribution in [1.29, 1.82) is 0 Å². The number of nitrogens with one attached hydrogen (secondary N) is 2. The van der Waals surface area contributed by atoms with Crippen molar-refractivity contribution < 1.29 is 9.59 Å². The second-order valence-corrected chi connectivity index (χ2v) is 4.33. The number of anilines is 1. The molecule has 2 rings (SSSR count). The predicted molar refractivity (Wildman–Crippen MR) is 80.1 cm³/mol. The molecule has 1 heterocycles. The maximum absolute atomic E-state index is 11.6. The normalized spacial score (nSPS) is 10.3. The van der Waals surface area contributed by atoms with E-state index in [-0.39, 0.29) is 0 Å². The molecule has 7 heteroatoms. The number of hydrogen-bond acceptors (Lipinski definition) is 4. The number of halogens is 1. The number of aromatic nitrogens is 1. The summed E-state index contributed by atoms with van der Waals surface area (Å²) in [5, 5.41) is 6.40. The zero-order chi connectivity index (χ0) is 15.1. The molecule has 6 nitrogen and oxygen atoms in total. The van der Waals surface area contributed by atoms with Gasteiger partial charge in [0.2, 0.25) is 0 Å². The van der Waals surface area contributed by atoms with Crippen LogP contribution in [0.4, 0.5) is 5.69 Å². The Hall–Kier alpha value is -2.73. The fourth-order valence-corrected chi connectivity index (χ4v) is 1.59. The highest BCUT2D eigenvalue weighted by atomic mass is 35.5. The van der Waals surface area contributed by atoms with Gasteiger partial charge in [0.25, 0.3) is 0 Å². The lowest BCUT2D eigenvalue weighted by atomic mass is 10.3. The number of para-hydroxylation sites is 1. The maximum Gasteiger partial charge on any atom is 0.329 e. The summed E-state index contributed by atoms with van der Waals surface area (Å²) >= 11 is 5.87. The van der Waals surface area contributed by atoms with E-state index in [1.54, 1.807) is 48.8 Å². The van der Waals surface area contributed by atoms with Crippen molar-refractivity contribution in [3.63, 3.8) is 0 Å². The van der Waals surface area contributed by atoms with E-state index >= 15 is 0 Å². The molecule has 2 aromatic rings. The molecule has 106 valence electrons. The largest absolute Gasteiger partial charge is 0.329 e. The first kappa shape index (κ1) is 14.7. The highest BCUT2D eigenvalue weighted by molar-refractivity contribution is 6.41. The van der Waals surface area contributed by atoms with E-state index < -0.39 is 11.8 Å². The Labute approximate surface area is 125 Å². The van der Waals surface area contributed by atoms with Crippen LogP contribution in [0.5, 0.6) is 0 Å². The topological polar surface area (TPSA) is 83.5 Å². The molecule has 0 saturated heterocycles. The molecule has 0 radical (unpaired) electrons. The molecule has 0 unspecified atom stereocenters. The molecule has 21 heavy (non-hydrogen) atoms. The number of carbonyl (C=O) groups excluding carboxylic acids is 2. The molecule has 1 aromatic carbocycles. The molecule has 0 aliphatic rings. The van der Waals surface area contributed by atoms with Gasteiger partial charge in [-0.05, 0) is 18.2 Å². The van der Waals surface area contributed by atoms with Crippen molar-refractivity contribution in [2.75, 3.05) is 5.32 Å². The smallest absolute Gasteiger partial charge is 0.316 e. The lowest BCUT2D eigenvalue weighted by Crippen LogP contribution is -2.32. The third-order valence-corrected chi connectivity index (χ3v) is 2.72. The van der Waals surface area contributed by atoms with Gasteiger partial charge in [-0.25, -0.2) is 5.43 Å². The monoisotopic (exact) mass is 302 g/mol. The molecule has 0 aliphatic heterocycles. The van der Waals surface area contributed by atoms with Crippen LogP contribution in [0.1, 0.15) is 5.56 Å². The quantitative estimate of drug-likeness (QED) is 0.515. The van der Waals surface area contributed by atoms with Gasteiger partial charge in [0.1, 0.15) is 0 Å². The number of rotatable bonds is 3. The summed E-state index contributed by atoms with van der Waals surface area (Å²) in [6.45, 7) is 0. The third-order valence-electron chi connectivity index (χ3n) is 2.39. The fourth-order valence-electron chi connectivity index (χ4n) is 1.41. The highest BCUT2D eigenvalue weighted by Crippen LogP contribution is 2.19. The Bertz CT molecular complexity index is 674. The van der Waals surface area contributed by atoms with E-state index in [4.69, 9.17) is 11.6 Å². The molecule has 0 saturated carbocycles. The van der Waals surface area contributed by atoms with Crippen LogP contribution in [0.25, 0.3) is 0 Å². The number of nitrogens with zero attached hydrogens (tertiary/aromatic N) is 2. The van der Waals surface area contributed by atoms with Gasteiger partial charge in [-0.1, -0.05) is 29.8 Å².